The van der Waals surface area contributed by atoms with Gasteiger partial charge in [0.2, 0.25) is 0 Å². The van der Waals surface area contributed by atoms with Crippen LogP contribution in [0.5, 0.6) is 0 Å². The number of benzene rings is 1. The van der Waals surface area contributed by atoms with E-state index in [0.717, 1.165) is 37.2 Å². The van der Waals surface area contributed by atoms with Crippen LogP contribution in [0.15, 0.2) is 18.2 Å². The third-order valence-electron chi connectivity index (χ3n) is 3.78. The predicted octanol–water partition coefficient (Wildman–Crippen LogP) is 1.91. The molecule has 98 valence electrons. The summed E-state index contributed by atoms with van der Waals surface area (Å²) < 4.78 is 19.9. The van der Waals surface area contributed by atoms with E-state index in [1.807, 2.05) is 19.2 Å². The lowest BCUT2D eigenvalue weighted by Crippen LogP contribution is -2.43. The van der Waals surface area contributed by atoms with Crippen LogP contribution >= 0.6 is 0 Å². The second-order valence-electron chi connectivity index (χ2n) is 5.18. The van der Waals surface area contributed by atoms with Crippen molar-refractivity contribution in [3.63, 3.8) is 0 Å². The fourth-order valence-electron chi connectivity index (χ4n) is 2.93. The Morgan fingerprint density at radius 3 is 2.67 bits per heavy atom. The summed E-state index contributed by atoms with van der Waals surface area (Å²) in [6, 6.07) is 5.52. The largest absolute Gasteiger partial charge is 0.371 e. The molecular formula is C14H19FN2O. The van der Waals surface area contributed by atoms with E-state index in [4.69, 9.17) is 4.74 Å². The standard InChI is InChI=1S/C14H19FN2O/c1-16-7-10-2-5-14(13(15)6-10)17-8-11-3-4-12(9-17)18-11/h2,5-6,11-12,16H,3-4,7-9H2,1H3. The minimum Gasteiger partial charge on any atom is -0.371 e. The van der Waals surface area contributed by atoms with Gasteiger partial charge in [-0.15, -0.1) is 0 Å². The van der Waals surface area contributed by atoms with Gasteiger partial charge in [0.05, 0.1) is 17.9 Å². The highest BCUT2D eigenvalue weighted by molar-refractivity contribution is 5.50. The van der Waals surface area contributed by atoms with E-state index in [9.17, 15) is 4.39 Å². The number of anilines is 1. The van der Waals surface area contributed by atoms with Crippen molar-refractivity contribution in [2.24, 2.45) is 0 Å². The molecule has 0 aromatic heterocycles. The highest BCUT2D eigenvalue weighted by Crippen LogP contribution is 2.31. The first-order valence-corrected chi connectivity index (χ1v) is 6.59. The molecule has 2 aliphatic heterocycles. The van der Waals surface area contributed by atoms with E-state index >= 15 is 0 Å². The van der Waals surface area contributed by atoms with Crippen LogP contribution in [0, 0.1) is 5.82 Å². The van der Waals surface area contributed by atoms with Crippen LogP contribution in [-0.2, 0) is 11.3 Å². The van der Waals surface area contributed by atoms with Crippen molar-refractivity contribution in [2.45, 2.75) is 31.6 Å². The Morgan fingerprint density at radius 2 is 2.06 bits per heavy atom. The molecule has 2 bridgehead atoms. The molecule has 0 aliphatic carbocycles. The van der Waals surface area contributed by atoms with Gasteiger partial charge in [-0.05, 0) is 37.6 Å². The molecule has 1 aromatic rings. The maximum Gasteiger partial charge on any atom is 0.146 e. The van der Waals surface area contributed by atoms with Crippen molar-refractivity contribution in [3.05, 3.63) is 29.6 Å². The van der Waals surface area contributed by atoms with Crippen LogP contribution in [0.1, 0.15) is 18.4 Å². The average Bonchev–Trinajstić information content (AvgIpc) is 2.69. The van der Waals surface area contributed by atoms with Gasteiger partial charge in [-0.3, -0.25) is 0 Å². The first kappa shape index (κ1) is 11.9. The number of ether oxygens (including phenoxy) is 1. The lowest BCUT2D eigenvalue weighted by molar-refractivity contribution is 0.0303. The Kier molecular flexibility index (Phi) is 3.22. The van der Waals surface area contributed by atoms with Crippen LogP contribution in [-0.4, -0.2) is 32.3 Å². The third-order valence-corrected chi connectivity index (χ3v) is 3.78. The molecule has 0 spiro atoms. The Balaban J connectivity index is 1.79. The highest BCUT2D eigenvalue weighted by Gasteiger charge is 2.34. The maximum absolute atomic E-state index is 14.1. The summed E-state index contributed by atoms with van der Waals surface area (Å²) in [5.74, 6) is -0.121. The quantitative estimate of drug-likeness (QED) is 0.887. The van der Waals surface area contributed by atoms with Crippen LogP contribution in [0.4, 0.5) is 10.1 Å². The zero-order valence-corrected chi connectivity index (χ0v) is 10.7. The lowest BCUT2D eigenvalue weighted by Gasteiger charge is -2.34. The normalized spacial score (nSPS) is 26.7. The van der Waals surface area contributed by atoms with E-state index in [1.54, 1.807) is 6.07 Å². The third kappa shape index (κ3) is 2.22. The van der Waals surface area contributed by atoms with Crippen molar-refractivity contribution in [1.82, 2.24) is 5.32 Å². The van der Waals surface area contributed by atoms with Gasteiger partial charge in [0.15, 0.2) is 0 Å². The second-order valence-corrected chi connectivity index (χ2v) is 5.18. The SMILES string of the molecule is CNCc1ccc(N2CC3CCC(C2)O3)c(F)c1. The van der Waals surface area contributed by atoms with Gasteiger partial charge in [0.1, 0.15) is 5.82 Å². The summed E-state index contributed by atoms with van der Waals surface area (Å²) >= 11 is 0. The molecule has 3 rings (SSSR count). The molecule has 3 nitrogen and oxygen atoms in total. The molecule has 0 amide bonds. The number of nitrogens with zero attached hydrogens (tertiary/aromatic N) is 1. The maximum atomic E-state index is 14.1. The van der Waals surface area contributed by atoms with Crippen molar-refractivity contribution in [3.8, 4) is 0 Å². The van der Waals surface area contributed by atoms with E-state index in [-0.39, 0.29) is 5.82 Å². The summed E-state index contributed by atoms with van der Waals surface area (Å²) in [6.07, 6.45) is 2.81. The number of morpholine rings is 1. The molecule has 2 aliphatic rings. The zero-order chi connectivity index (χ0) is 12.5. The van der Waals surface area contributed by atoms with Gasteiger partial charge in [-0.1, -0.05) is 6.07 Å². The minimum atomic E-state index is -0.121. The lowest BCUT2D eigenvalue weighted by atomic mass is 10.1. The number of nitrogens with one attached hydrogen (secondary N) is 1. The summed E-state index contributed by atoms with van der Waals surface area (Å²) in [5, 5.41) is 3.03. The van der Waals surface area contributed by atoms with Crippen molar-refractivity contribution < 1.29 is 9.13 Å². The molecule has 1 aromatic carbocycles. The molecule has 2 unspecified atom stereocenters. The van der Waals surface area contributed by atoms with Crippen molar-refractivity contribution in [1.29, 1.82) is 0 Å². The molecule has 2 heterocycles. The zero-order valence-electron chi connectivity index (χ0n) is 10.7. The molecule has 2 saturated heterocycles. The van der Waals surface area contributed by atoms with Gasteiger partial charge >= 0.3 is 0 Å². The first-order valence-electron chi connectivity index (χ1n) is 6.59. The Bertz CT molecular complexity index is 426. The minimum absolute atomic E-state index is 0.121. The van der Waals surface area contributed by atoms with Gasteiger partial charge in [0.25, 0.3) is 0 Å². The predicted molar refractivity (Wildman–Crippen MR) is 69.3 cm³/mol. The van der Waals surface area contributed by atoms with Gasteiger partial charge in [-0.2, -0.15) is 0 Å². The fourth-order valence-corrected chi connectivity index (χ4v) is 2.93. The van der Waals surface area contributed by atoms with E-state index in [1.165, 1.54) is 0 Å². The summed E-state index contributed by atoms with van der Waals surface area (Å²) in [7, 11) is 1.87. The van der Waals surface area contributed by atoms with Crippen molar-refractivity contribution >= 4 is 5.69 Å². The molecule has 4 heteroatoms. The topological polar surface area (TPSA) is 24.5 Å². The van der Waals surface area contributed by atoms with Crippen LogP contribution in [0.3, 0.4) is 0 Å². The van der Waals surface area contributed by atoms with E-state index in [2.05, 4.69) is 10.2 Å². The number of halogens is 1. The molecular weight excluding hydrogens is 231 g/mol. The smallest absolute Gasteiger partial charge is 0.146 e. The van der Waals surface area contributed by atoms with Crippen LogP contribution in [0.25, 0.3) is 0 Å². The number of hydrogen-bond acceptors (Lipinski definition) is 3. The monoisotopic (exact) mass is 250 g/mol. The Labute approximate surface area is 107 Å². The second kappa shape index (κ2) is 4.86. The van der Waals surface area contributed by atoms with Gasteiger partial charge in [0, 0.05) is 19.6 Å². The highest BCUT2D eigenvalue weighted by atomic mass is 19.1. The summed E-state index contributed by atoms with van der Waals surface area (Å²) in [6.45, 7) is 2.34. The molecule has 2 fully saturated rings. The van der Waals surface area contributed by atoms with Crippen molar-refractivity contribution in [2.75, 3.05) is 25.0 Å². The van der Waals surface area contributed by atoms with Crippen LogP contribution < -0.4 is 10.2 Å². The number of hydrogen-bond donors (Lipinski definition) is 1. The molecule has 1 N–H and O–H groups in total. The molecule has 0 saturated carbocycles. The molecule has 2 atom stereocenters. The first-order chi connectivity index (χ1) is 8.76. The summed E-state index contributed by atoms with van der Waals surface area (Å²) in [5.41, 5.74) is 1.70. The van der Waals surface area contributed by atoms with Crippen LogP contribution in [0.2, 0.25) is 0 Å². The number of rotatable bonds is 3. The average molecular weight is 250 g/mol. The van der Waals surface area contributed by atoms with E-state index in [0.29, 0.717) is 18.8 Å². The van der Waals surface area contributed by atoms with Gasteiger partial charge < -0.3 is 15.0 Å². The summed E-state index contributed by atoms with van der Waals surface area (Å²) in [4.78, 5) is 2.13. The molecule has 0 radical (unpaired) electrons. The Hall–Kier alpha value is -1.13. The number of fused-ring (bicyclic) bond motifs is 2. The Morgan fingerprint density at radius 1 is 1.33 bits per heavy atom. The van der Waals surface area contributed by atoms with Gasteiger partial charge in [-0.25, -0.2) is 4.39 Å². The fraction of sp³-hybridized carbons (Fsp3) is 0.571. The molecule has 18 heavy (non-hydrogen) atoms. The van der Waals surface area contributed by atoms with E-state index < -0.39 is 0 Å².